The van der Waals surface area contributed by atoms with Crippen LogP contribution in [0.1, 0.15) is 33.9 Å². The molecule has 1 unspecified atom stereocenters. The van der Waals surface area contributed by atoms with E-state index in [-0.39, 0.29) is 6.04 Å². The molecule has 21 heavy (non-hydrogen) atoms. The standard InChI is InChI=1S/C17H21ClN2O/c1-10-5-6-13(15(18)7-10)17(20-19)14-8-12(3)16(21-4)9-11(14)2/h5-9,17,20H,19H2,1-4H3. The first-order valence-electron chi connectivity index (χ1n) is 6.85. The third-order valence-corrected chi connectivity index (χ3v) is 4.06. The number of halogens is 1. The normalized spacial score (nSPS) is 12.3. The molecule has 3 nitrogen and oxygen atoms in total. The zero-order valence-electron chi connectivity index (χ0n) is 12.8. The molecule has 0 aliphatic heterocycles. The van der Waals surface area contributed by atoms with Crippen molar-refractivity contribution in [2.24, 2.45) is 5.84 Å². The Morgan fingerprint density at radius 1 is 1.05 bits per heavy atom. The molecule has 0 radical (unpaired) electrons. The second-order valence-electron chi connectivity index (χ2n) is 5.30. The van der Waals surface area contributed by atoms with Crippen molar-refractivity contribution >= 4 is 11.6 Å². The molecular formula is C17H21ClN2O. The van der Waals surface area contributed by atoms with E-state index in [0.29, 0.717) is 5.02 Å². The summed E-state index contributed by atoms with van der Waals surface area (Å²) in [5, 5.41) is 0.714. The summed E-state index contributed by atoms with van der Waals surface area (Å²) in [6, 6.07) is 9.97. The van der Waals surface area contributed by atoms with Crippen LogP contribution in [0.4, 0.5) is 0 Å². The third-order valence-electron chi connectivity index (χ3n) is 3.73. The molecule has 2 rings (SSSR count). The van der Waals surface area contributed by atoms with Crippen molar-refractivity contribution in [3.8, 4) is 5.75 Å². The number of nitrogens with one attached hydrogen (secondary N) is 1. The second-order valence-corrected chi connectivity index (χ2v) is 5.71. The van der Waals surface area contributed by atoms with Gasteiger partial charge in [-0.3, -0.25) is 5.84 Å². The Hall–Kier alpha value is -1.55. The van der Waals surface area contributed by atoms with E-state index in [1.165, 1.54) is 0 Å². The molecule has 112 valence electrons. The molecule has 0 spiro atoms. The van der Waals surface area contributed by atoms with Gasteiger partial charge in [0.2, 0.25) is 0 Å². The summed E-state index contributed by atoms with van der Waals surface area (Å²) in [6.07, 6.45) is 0. The fourth-order valence-corrected chi connectivity index (χ4v) is 2.90. The van der Waals surface area contributed by atoms with Crippen LogP contribution >= 0.6 is 11.6 Å². The van der Waals surface area contributed by atoms with Gasteiger partial charge in [0.1, 0.15) is 5.75 Å². The summed E-state index contributed by atoms with van der Waals surface area (Å²) in [5.74, 6) is 6.67. The van der Waals surface area contributed by atoms with E-state index < -0.39 is 0 Å². The lowest BCUT2D eigenvalue weighted by atomic mass is 9.93. The number of rotatable bonds is 4. The first-order chi connectivity index (χ1) is 9.97. The minimum atomic E-state index is -0.150. The first-order valence-corrected chi connectivity index (χ1v) is 7.23. The Kier molecular flexibility index (Phi) is 4.88. The maximum Gasteiger partial charge on any atom is 0.122 e. The van der Waals surface area contributed by atoms with E-state index in [9.17, 15) is 0 Å². The van der Waals surface area contributed by atoms with Crippen LogP contribution in [0.5, 0.6) is 5.75 Å². The predicted octanol–water partition coefficient (Wildman–Crippen LogP) is 3.83. The van der Waals surface area contributed by atoms with E-state index in [4.69, 9.17) is 22.2 Å². The van der Waals surface area contributed by atoms with Crippen LogP contribution in [0.3, 0.4) is 0 Å². The Labute approximate surface area is 131 Å². The van der Waals surface area contributed by atoms with Crippen molar-refractivity contribution < 1.29 is 4.74 Å². The molecule has 2 aromatic rings. The largest absolute Gasteiger partial charge is 0.496 e. The van der Waals surface area contributed by atoms with Crippen LogP contribution < -0.4 is 16.0 Å². The lowest BCUT2D eigenvalue weighted by Gasteiger charge is -2.22. The first kappa shape index (κ1) is 15.8. The highest BCUT2D eigenvalue weighted by molar-refractivity contribution is 6.31. The van der Waals surface area contributed by atoms with Crippen LogP contribution in [0.25, 0.3) is 0 Å². The minimum Gasteiger partial charge on any atom is -0.496 e. The smallest absolute Gasteiger partial charge is 0.122 e. The van der Waals surface area contributed by atoms with Gasteiger partial charge in [0.25, 0.3) is 0 Å². The molecule has 0 fully saturated rings. The summed E-state index contributed by atoms with van der Waals surface area (Å²) >= 11 is 6.38. The second kappa shape index (κ2) is 6.48. The van der Waals surface area contributed by atoms with Gasteiger partial charge >= 0.3 is 0 Å². The Bertz CT molecular complexity index is 655. The topological polar surface area (TPSA) is 47.3 Å². The molecule has 3 N–H and O–H groups in total. The third kappa shape index (κ3) is 3.21. The highest BCUT2D eigenvalue weighted by Gasteiger charge is 2.19. The fraction of sp³-hybridized carbons (Fsp3) is 0.294. The molecule has 0 aromatic heterocycles. The number of benzene rings is 2. The maximum absolute atomic E-state index is 6.38. The zero-order chi connectivity index (χ0) is 15.6. The number of ether oxygens (including phenoxy) is 1. The molecule has 1 atom stereocenters. The molecule has 2 aromatic carbocycles. The monoisotopic (exact) mass is 304 g/mol. The van der Waals surface area contributed by atoms with Crippen molar-refractivity contribution in [1.29, 1.82) is 0 Å². The van der Waals surface area contributed by atoms with Crippen molar-refractivity contribution in [1.82, 2.24) is 5.43 Å². The summed E-state index contributed by atoms with van der Waals surface area (Å²) < 4.78 is 5.36. The molecule has 0 saturated heterocycles. The van der Waals surface area contributed by atoms with Crippen molar-refractivity contribution in [2.75, 3.05) is 7.11 Å². The van der Waals surface area contributed by atoms with Crippen LogP contribution in [-0.2, 0) is 0 Å². The number of nitrogens with two attached hydrogens (primary N) is 1. The van der Waals surface area contributed by atoms with Crippen LogP contribution in [-0.4, -0.2) is 7.11 Å². The number of methoxy groups -OCH3 is 1. The molecule has 0 bridgehead atoms. The lowest BCUT2D eigenvalue weighted by Crippen LogP contribution is -2.29. The van der Waals surface area contributed by atoms with E-state index >= 15 is 0 Å². The summed E-state index contributed by atoms with van der Waals surface area (Å²) in [4.78, 5) is 0. The van der Waals surface area contributed by atoms with Gasteiger partial charge in [-0.25, -0.2) is 5.43 Å². The SMILES string of the molecule is COc1cc(C)c(C(NN)c2ccc(C)cc2Cl)cc1C. The molecule has 0 heterocycles. The number of hydrogen-bond donors (Lipinski definition) is 2. The Morgan fingerprint density at radius 2 is 1.76 bits per heavy atom. The summed E-state index contributed by atoms with van der Waals surface area (Å²) in [5.41, 5.74) is 8.25. The van der Waals surface area contributed by atoms with E-state index in [2.05, 4.69) is 11.5 Å². The average Bonchev–Trinajstić information content (AvgIpc) is 2.45. The van der Waals surface area contributed by atoms with E-state index in [1.807, 2.05) is 45.0 Å². The van der Waals surface area contributed by atoms with Crippen LogP contribution in [0, 0.1) is 20.8 Å². The highest BCUT2D eigenvalue weighted by Crippen LogP contribution is 2.33. The zero-order valence-corrected chi connectivity index (χ0v) is 13.6. The Morgan fingerprint density at radius 3 is 2.33 bits per heavy atom. The molecule has 4 heteroatoms. The summed E-state index contributed by atoms with van der Waals surface area (Å²) in [7, 11) is 1.68. The predicted molar refractivity (Wildman–Crippen MR) is 87.8 cm³/mol. The van der Waals surface area contributed by atoms with Crippen LogP contribution in [0.15, 0.2) is 30.3 Å². The molecule has 0 saturated carbocycles. The van der Waals surface area contributed by atoms with Crippen molar-refractivity contribution in [2.45, 2.75) is 26.8 Å². The maximum atomic E-state index is 6.38. The molecular weight excluding hydrogens is 284 g/mol. The molecule has 0 aliphatic carbocycles. The number of hydrazine groups is 1. The number of aryl methyl sites for hydroxylation is 3. The highest BCUT2D eigenvalue weighted by atomic mass is 35.5. The van der Waals surface area contributed by atoms with Crippen molar-refractivity contribution in [3.05, 3.63) is 63.2 Å². The van der Waals surface area contributed by atoms with Gasteiger partial charge in [0.05, 0.1) is 13.2 Å². The lowest BCUT2D eigenvalue weighted by molar-refractivity contribution is 0.411. The van der Waals surface area contributed by atoms with Crippen molar-refractivity contribution in [3.63, 3.8) is 0 Å². The van der Waals surface area contributed by atoms with E-state index in [1.54, 1.807) is 7.11 Å². The van der Waals surface area contributed by atoms with Gasteiger partial charge in [-0.15, -0.1) is 0 Å². The Balaban J connectivity index is 2.53. The fourth-order valence-electron chi connectivity index (χ4n) is 2.56. The van der Waals surface area contributed by atoms with Gasteiger partial charge in [-0.2, -0.15) is 0 Å². The summed E-state index contributed by atoms with van der Waals surface area (Å²) in [6.45, 7) is 6.08. The van der Waals surface area contributed by atoms with Gasteiger partial charge in [0, 0.05) is 5.02 Å². The minimum absolute atomic E-state index is 0.150. The van der Waals surface area contributed by atoms with Gasteiger partial charge < -0.3 is 4.74 Å². The molecule has 0 amide bonds. The quantitative estimate of drug-likeness (QED) is 0.666. The van der Waals surface area contributed by atoms with Gasteiger partial charge in [0.15, 0.2) is 0 Å². The van der Waals surface area contributed by atoms with Gasteiger partial charge in [-0.05, 0) is 60.7 Å². The van der Waals surface area contributed by atoms with Crippen LogP contribution in [0.2, 0.25) is 5.02 Å². The van der Waals surface area contributed by atoms with Gasteiger partial charge in [-0.1, -0.05) is 29.8 Å². The van der Waals surface area contributed by atoms with E-state index in [0.717, 1.165) is 33.6 Å². The average molecular weight is 305 g/mol. The number of hydrogen-bond acceptors (Lipinski definition) is 3. The molecule has 0 aliphatic rings.